The Bertz CT molecular complexity index is 670. The molecule has 1 aliphatic heterocycles. The first kappa shape index (κ1) is 17.3. The summed E-state index contributed by atoms with van der Waals surface area (Å²) in [5.74, 6) is 0.274. The fraction of sp³-hybridized carbons (Fsp3) is 0.562. The first-order chi connectivity index (χ1) is 10.2. The van der Waals surface area contributed by atoms with E-state index in [0.717, 1.165) is 10.5 Å². The molecule has 4 nitrogen and oxygen atoms in total. The first-order valence-corrected chi connectivity index (χ1v) is 10.1. The highest BCUT2D eigenvalue weighted by Crippen LogP contribution is 2.29. The van der Waals surface area contributed by atoms with Gasteiger partial charge < -0.3 is 4.90 Å². The number of aryl methyl sites for hydroxylation is 2. The molecule has 0 aromatic heterocycles. The third kappa shape index (κ3) is 4.04. The van der Waals surface area contributed by atoms with Crippen LogP contribution >= 0.6 is 11.8 Å². The lowest BCUT2D eigenvalue weighted by molar-refractivity contribution is -0.130. The van der Waals surface area contributed by atoms with Gasteiger partial charge in [0.15, 0.2) is 9.84 Å². The maximum absolute atomic E-state index is 12.5. The van der Waals surface area contributed by atoms with Gasteiger partial charge >= 0.3 is 0 Å². The summed E-state index contributed by atoms with van der Waals surface area (Å²) < 4.78 is 23.1. The van der Waals surface area contributed by atoms with E-state index in [1.165, 1.54) is 17.3 Å². The number of sulfone groups is 1. The summed E-state index contributed by atoms with van der Waals surface area (Å²) in [6.07, 6.45) is 0.547. The van der Waals surface area contributed by atoms with Crippen molar-refractivity contribution in [3.05, 3.63) is 29.3 Å². The number of nitrogens with zero attached hydrogens (tertiary/aromatic N) is 1. The molecule has 1 aromatic carbocycles. The Morgan fingerprint density at radius 1 is 1.36 bits per heavy atom. The highest BCUT2D eigenvalue weighted by Gasteiger charge is 2.34. The van der Waals surface area contributed by atoms with Gasteiger partial charge in [-0.1, -0.05) is 17.7 Å². The minimum Gasteiger partial charge on any atom is -0.341 e. The average molecular weight is 341 g/mol. The smallest absolute Gasteiger partial charge is 0.235 e. The molecule has 0 aliphatic carbocycles. The quantitative estimate of drug-likeness (QED) is 0.789. The highest BCUT2D eigenvalue weighted by molar-refractivity contribution is 8.00. The van der Waals surface area contributed by atoms with E-state index in [1.807, 2.05) is 32.9 Å². The summed E-state index contributed by atoms with van der Waals surface area (Å²) in [6.45, 7) is 5.97. The lowest BCUT2D eigenvalue weighted by Crippen LogP contribution is -2.41. The van der Waals surface area contributed by atoms with Crippen molar-refractivity contribution in [1.82, 2.24) is 4.90 Å². The van der Waals surface area contributed by atoms with Crippen molar-refractivity contribution in [1.29, 1.82) is 0 Å². The lowest BCUT2D eigenvalue weighted by atomic mass is 10.2. The van der Waals surface area contributed by atoms with Crippen LogP contribution in [0, 0.1) is 13.8 Å². The van der Waals surface area contributed by atoms with Crippen LogP contribution in [-0.2, 0) is 14.6 Å². The van der Waals surface area contributed by atoms with Crippen LogP contribution in [0.15, 0.2) is 23.1 Å². The topological polar surface area (TPSA) is 54.5 Å². The minimum absolute atomic E-state index is 0.00734. The lowest BCUT2D eigenvalue weighted by Gasteiger charge is -2.26. The molecule has 1 fully saturated rings. The molecule has 1 aliphatic rings. The third-order valence-electron chi connectivity index (χ3n) is 4.09. The number of amides is 1. The summed E-state index contributed by atoms with van der Waals surface area (Å²) in [5, 5.41) is -0.227. The Hall–Kier alpha value is -1.01. The normalized spacial score (nSPS) is 21.5. The van der Waals surface area contributed by atoms with Crippen molar-refractivity contribution in [2.45, 2.75) is 43.4 Å². The van der Waals surface area contributed by atoms with Gasteiger partial charge in [-0.3, -0.25) is 4.79 Å². The number of hydrogen-bond acceptors (Lipinski definition) is 4. The Morgan fingerprint density at radius 3 is 2.59 bits per heavy atom. The molecule has 0 saturated carbocycles. The van der Waals surface area contributed by atoms with Crippen molar-refractivity contribution in [2.75, 3.05) is 18.6 Å². The summed E-state index contributed by atoms with van der Waals surface area (Å²) in [4.78, 5) is 15.2. The van der Waals surface area contributed by atoms with Gasteiger partial charge in [-0.2, -0.15) is 0 Å². The Balaban J connectivity index is 2.02. The molecule has 1 heterocycles. The Morgan fingerprint density at radius 2 is 2.05 bits per heavy atom. The Labute approximate surface area is 137 Å². The third-order valence-corrected chi connectivity index (χ3v) is 7.10. The van der Waals surface area contributed by atoms with E-state index in [9.17, 15) is 13.2 Å². The second-order valence-electron chi connectivity index (χ2n) is 6.04. The molecular formula is C16H23NO3S2. The minimum atomic E-state index is -2.97. The summed E-state index contributed by atoms with van der Waals surface area (Å²) in [7, 11) is -1.26. The van der Waals surface area contributed by atoms with Crippen LogP contribution in [0.5, 0.6) is 0 Å². The van der Waals surface area contributed by atoms with Crippen molar-refractivity contribution >= 4 is 27.5 Å². The van der Waals surface area contributed by atoms with Gasteiger partial charge in [-0.05, 0) is 38.8 Å². The SMILES string of the molecule is Cc1ccc(SC(C)C(=O)N(C)C2CCS(=O)(=O)C2)c(C)c1. The van der Waals surface area contributed by atoms with E-state index in [1.54, 1.807) is 11.9 Å². The molecule has 22 heavy (non-hydrogen) atoms. The van der Waals surface area contributed by atoms with E-state index in [4.69, 9.17) is 0 Å². The monoisotopic (exact) mass is 341 g/mol. The van der Waals surface area contributed by atoms with Crippen LogP contribution in [0.3, 0.4) is 0 Å². The van der Waals surface area contributed by atoms with Gasteiger partial charge in [0.2, 0.25) is 5.91 Å². The molecule has 1 saturated heterocycles. The van der Waals surface area contributed by atoms with Crippen LogP contribution in [0.1, 0.15) is 24.5 Å². The first-order valence-electron chi connectivity index (χ1n) is 7.40. The zero-order chi connectivity index (χ0) is 16.5. The van der Waals surface area contributed by atoms with Gasteiger partial charge in [0.25, 0.3) is 0 Å². The number of carbonyl (C=O) groups excluding carboxylic acids is 1. The van der Waals surface area contributed by atoms with Crippen LogP contribution in [0.25, 0.3) is 0 Å². The molecule has 0 spiro atoms. The number of thioether (sulfide) groups is 1. The molecule has 1 aromatic rings. The molecule has 2 rings (SSSR count). The van der Waals surface area contributed by atoms with Gasteiger partial charge in [-0.25, -0.2) is 8.42 Å². The van der Waals surface area contributed by atoms with E-state index in [0.29, 0.717) is 6.42 Å². The molecular weight excluding hydrogens is 318 g/mol. The van der Waals surface area contributed by atoms with E-state index in [2.05, 4.69) is 6.07 Å². The zero-order valence-corrected chi connectivity index (χ0v) is 15.1. The van der Waals surface area contributed by atoms with Crippen molar-refractivity contribution in [3.8, 4) is 0 Å². The molecule has 1 amide bonds. The number of benzene rings is 1. The van der Waals surface area contributed by atoms with Crippen LogP contribution in [0.2, 0.25) is 0 Å². The molecule has 2 unspecified atom stereocenters. The standard InChI is InChI=1S/C16H23NO3S2/c1-11-5-6-15(12(2)9-11)21-13(3)16(18)17(4)14-7-8-22(19,20)10-14/h5-6,9,13-14H,7-8,10H2,1-4H3. The fourth-order valence-corrected chi connectivity index (χ4v) is 5.53. The number of rotatable bonds is 4. The van der Waals surface area contributed by atoms with Crippen LogP contribution in [0.4, 0.5) is 0 Å². The van der Waals surface area contributed by atoms with Crippen molar-refractivity contribution in [2.24, 2.45) is 0 Å². The molecule has 6 heteroatoms. The zero-order valence-electron chi connectivity index (χ0n) is 13.5. The van der Waals surface area contributed by atoms with Gasteiger partial charge in [0.05, 0.1) is 16.8 Å². The molecule has 122 valence electrons. The van der Waals surface area contributed by atoms with Gasteiger partial charge in [0.1, 0.15) is 0 Å². The van der Waals surface area contributed by atoms with E-state index in [-0.39, 0.29) is 28.7 Å². The Kier molecular flexibility index (Phi) is 5.22. The highest BCUT2D eigenvalue weighted by atomic mass is 32.2. The average Bonchev–Trinajstić information content (AvgIpc) is 2.80. The molecule has 0 radical (unpaired) electrons. The summed E-state index contributed by atoms with van der Waals surface area (Å²) >= 11 is 1.53. The van der Waals surface area contributed by atoms with Crippen molar-refractivity contribution in [3.63, 3.8) is 0 Å². The van der Waals surface area contributed by atoms with Gasteiger partial charge in [-0.15, -0.1) is 11.8 Å². The number of hydrogen-bond donors (Lipinski definition) is 0. The molecule has 0 bridgehead atoms. The largest absolute Gasteiger partial charge is 0.341 e. The van der Waals surface area contributed by atoms with E-state index < -0.39 is 9.84 Å². The fourth-order valence-electron chi connectivity index (χ4n) is 2.72. The predicted molar refractivity (Wildman–Crippen MR) is 91.1 cm³/mol. The molecule has 0 N–H and O–H groups in total. The maximum Gasteiger partial charge on any atom is 0.235 e. The van der Waals surface area contributed by atoms with Gasteiger partial charge in [0, 0.05) is 18.0 Å². The van der Waals surface area contributed by atoms with E-state index >= 15 is 0 Å². The van der Waals surface area contributed by atoms with Crippen LogP contribution in [-0.4, -0.2) is 49.1 Å². The maximum atomic E-state index is 12.5. The number of carbonyl (C=O) groups is 1. The summed E-state index contributed by atoms with van der Waals surface area (Å²) in [6, 6.07) is 6.01. The second kappa shape index (κ2) is 6.62. The second-order valence-corrected chi connectivity index (χ2v) is 9.65. The van der Waals surface area contributed by atoms with Crippen LogP contribution < -0.4 is 0 Å². The predicted octanol–water partition coefficient (Wildman–Crippen LogP) is 2.43. The molecule has 2 atom stereocenters. The van der Waals surface area contributed by atoms with Crippen molar-refractivity contribution < 1.29 is 13.2 Å². The summed E-state index contributed by atoms with van der Waals surface area (Å²) in [5.41, 5.74) is 2.37.